The van der Waals surface area contributed by atoms with Crippen LogP contribution < -0.4 is 5.73 Å². The van der Waals surface area contributed by atoms with E-state index in [0.29, 0.717) is 6.61 Å². The average molecular weight is 196 g/mol. The third-order valence-corrected chi connectivity index (χ3v) is 1.26. The van der Waals surface area contributed by atoms with Crippen LogP contribution in [0.3, 0.4) is 0 Å². The molecule has 0 aliphatic heterocycles. The zero-order valence-electron chi connectivity index (χ0n) is 7.92. The molecule has 0 radical (unpaired) electrons. The van der Waals surface area contributed by atoms with Crippen LogP contribution in [-0.2, 0) is 9.53 Å². The highest BCUT2D eigenvalue weighted by atomic mass is 35.5. The van der Waals surface area contributed by atoms with Gasteiger partial charge in [-0.05, 0) is 20.3 Å². The zero-order valence-corrected chi connectivity index (χ0v) is 8.74. The van der Waals surface area contributed by atoms with E-state index in [1.807, 2.05) is 6.92 Å². The number of carbonyl (C=O) groups is 1. The lowest BCUT2D eigenvalue weighted by Gasteiger charge is -2.16. The van der Waals surface area contributed by atoms with Crippen LogP contribution in [0, 0.1) is 0 Å². The van der Waals surface area contributed by atoms with Gasteiger partial charge in [0.05, 0.1) is 6.61 Å². The van der Waals surface area contributed by atoms with Crippen LogP contribution in [0.25, 0.3) is 0 Å². The molecule has 0 aliphatic rings. The maximum absolute atomic E-state index is 11.0. The largest absolute Gasteiger partial charge is 0.464 e. The second-order valence-corrected chi connectivity index (χ2v) is 3.21. The standard InChI is InChI=1S/C8H17NO2.ClH/c1-4-5-6-11-7(10)8(2,3)9;/h4-6,9H2,1-3H3;1H. The quantitative estimate of drug-likeness (QED) is 0.546. The molecule has 0 unspecified atom stereocenters. The molecule has 0 atom stereocenters. The molecule has 3 nitrogen and oxygen atoms in total. The third-order valence-electron chi connectivity index (χ3n) is 1.26. The Hall–Kier alpha value is -0.280. The molecule has 0 aromatic heterocycles. The molecule has 0 saturated heterocycles. The summed E-state index contributed by atoms with van der Waals surface area (Å²) >= 11 is 0. The van der Waals surface area contributed by atoms with E-state index in [4.69, 9.17) is 10.5 Å². The molecule has 0 heterocycles. The Labute approximate surface area is 80.1 Å². The van der Waals surface area contributed by atoms with Crippen molar-refractivity contribution in [2.24, 2.45) is 5.73 Å². The van der Waals surface area contributed by atoms with Gasteiger partial charge in [-0.2, -0.15) is 0 Å². The molecule has 4 heteroatoms. The van der Waals surface area contributed by atoms with E-state index in [-0.39, 0.29) is 18.4 Å². The van der Waals surface area contributed by atoms with Crippen LogP contribution in [0.2, 0.25) is 0 Å². The number of nitrogens with two attached hydrogens (primary N) is 1. The normalized spacial score (nSPS) is 10.3. The molecular weight excluding hydrogens is 178 g/mol. The van der Waals surface area contributed by atoms with E-state index in [2.05, 4.69) is 0 Å². The molecular formula is C8H18ClNO2. The zero-order chi connectivity index (χ0) is 8.91. The summed E-state index contributed by atoms with van der Waals surface area (Å²) in [5, 5.41) is 0. The first-order valence-electron chi connectivity index (χ1n) is 3.94. The van der Waals surface area contributed by atoms with Crippen molar-refractivity contribution in [3.63, 3.8) is 0 Å². The predicted molar refractivity (Wildman–Crippen MR) is 51.4 cm³/mol. The Bertz CT molecular complexity index is 132. The van der Waals surface area contributed by atoms with Gasteiger partial charge in [0.15, 0.2) is 0 Å². The SMILES string of the molecule is CCCCOC(=O)C(C)(C)N.Cl. The van der Waals surface area contributed by atoms with E-state index in [9.17, 15) is 4.79 Å². The van der Waals surface area contributed by atoms with Gasteiger partial charge in [-0.15, -0.1) is 12.4 Å². The Morgan fingerprint density at radius 3 is 2.33 bits per heavy atom. The van der Waals surface area contributed by atoms with Crippen molar-refractivity contribution in [3.8, 4) is 0 Å². The minimum Gasteiger partial charge on any atom is -0.464 e. The number of ether oxygens (including phenoxy) is 1. The van der Waals surface area contributed by atoms with E-state index in [1.165, 1.54) is 0 Å². The molecule has 0 aromatic carbocycles. The Balaban J connectivity index is 0. The average Bonchev–Trinajstić information content (AvgIpc) is 1.86. The van der Waals surface area contributed by atoms with Gasteiger partial charge in [0.1, 0.15) is 5.54 Å². The van der Waals surface area contributed by atoms with Gasteiger partial charge in [-0.25, -0.2) is 0 Å². The fraction of sp³-hybridized carbons (Fsp3) is 0.875. The summed E-state index contributed by atoms with van der Waals surface area (Å²) in [4.78, 5) is 11.0. The molecule has 74 valence electrons. The lowest BCUT2D eigenvalue weighted by atomic mass is 10.1. The molecule has 0 aliphatic carbocycles. The lowest BCUT2D eigenvalue weighted by molar-refractivity contribution is -0.148. The van der Waals surface area contributed by atoms with Gasteiger partial charge in [0, 0.05) is 0 Å². The number of carbonyl (C=O) groups excluding carboxylic acids is 1. The minimum absolute atomic E-state index is 0. The Kier molecular flexibility index (Phi) is 7.44. The van der Waals surface area contributed by atoms with Gasteiger partial charge in [0.2, 0.25) is 0 Å². The highest BCUT2D eigenvalue weighted by molar-refractivity contribution is 5.85. The number of hydrogen-bond donors (Lipinski definition) is 1. The molecule has 0 saturated carbocycles. The van der Waals surface area contributed by atoms with Crippen molar-refractivity contribution in [1.82, 2.24) is 0 Å². The van der Waals surface area contributed by atoms with Crippen LogP contribution in [0.4, 0.5) is 0 Å². The lowest BCUT2D eigenvalue weighted by Crippen LogP contribution is -2.42. The molecule has 0 spiro atoms. The van der Waals surface area contributed by atoms with E-state index in [1.54, 1.807) is 13.8 Å². The highest BCUT2D eigenvalue weighted by Crippen LogP contribution is 2.00. The van der Waals surface area contributed by atoms with Crippen LogP contribution in [0.5, 0.6) is 0 Å². The second kappa shape index (κ2) is 6.26. The van der Waals surface area contributed by atoms with E-state index >= 15 is 0 Å². The topological polar surface area (TPSA) is 52.3 Å². The van der Waals surface area contributed by atoms with Crippen molar-refractivity contribution < 1.29 is 9.53 Å². The van der Waals surface area contributed by atoms with Gasteiger partial charge < -0.3 is 10.5 Å². The number of hydrogen-bond acceptors (Lipinski definition) is 3. The number of esters is 1. The monoisotopic (exact) mass is 195 g/mol. The molecule has 2 N–H and O–H groups in total. The maximum Gasteiger partial charge on any atom is 0.325 e. The highest BCUT2D eigenvalue weighted by Gasteiger charge is 2.22. The van der Waals surface area contributed by atoms with Crippen LogP contribution in [0.15, 0.2) is 0 Å². The molecule has 0 bridgehead atoms. The molecule has 0 amide bonds. The molecule has 0 fully saturated rings. The van der Waals surface area contributed by atoms with Gasteiger partial charge in [-0.3, -0.25) is 4.79 Å². The summed E-state index contributed by atoms with van der Waals surface area (Å²) in [6.07, 6.45) is 1.93. The Morgan fingerprint density at radius 1 is 1.50 bits per heavy atom. The minimum atomic E-state index is -0.853. The first-order valence-corrected chi connectivity index (χ1v) is 3.94. The van der Waals surface area contributed by atoms with E-state index in [0.717, 1.165) is 12.8 Å². The first-order chi connectivity index (χ1) is 4.98. The number of unbranched alkanes of at least 4 members (excludes halogenated alkanes) is 1. The third kappa shape index (κ3) is 6.43. The van der Waals surface area contributed by atoms with Crippen molar-refractivity contribution in [2.75, 3.05) is 6.61 Å². The van der Waals surface area contributed by atoms with Crippen LogP contribution in [0.1, 0.15) is 33.6 Å². The van der Waals surface area contributed by atoms with Crippen molar-refractivity contribution in [3.05, 3.63) is 0 Å². The predicted octanol–water partition coefficient (Wildman–Crippen LogP) is 1.49. The molecule has 12 heavy (non-hydrogen) atoms. The van der Waals surface area contributed by atoms with Crippen LogP contribution in [-0.4, -0.2) is 18.1 Å². The first kappa shape index (κ1) is 14.3. The smallest absolute Gasteiger partial charge is 0.325 e. The summed E-state index contributed by atoms with van der Waals surface area (Å²) < 4.78 is 4.88. The summed E-state index contributed by atoms with van der Waals surface area (Å²) in [6, 6.07) is 0. The summed E-state index contributed by atoms with van der Waals surface area (Å²) in [6.45, 7) is 5.81. The van der Waals surface area contributed by atoms with Crippen LogP contribution >= 0.6 is 12.4 Å². The maximum atomic E-state index is 11.0. The summed E-state index contributed by atoms with van der Waals surface area (Å²) in [5.41, 5.74) is 4.63. The fourth-order valence-corrected chi connectivity index (χ4v) is 0.495. The van der Waals surface area contributed by atoms with Crippen molar-refractivity contribution in [1.29, 1.82) is 0 Å². The summed E-state index contributed by atoms with van der Waals surface area (Å²) in [7, 11) is 0. The van der Waals surface area contributed by atoms with E-state index < -0.39 is 5.54 Å². The second-order valence-electron chi connectivity index (χ2n) is 3.21. The summed E-state index contributed by atoms with van der Waals surface area (Å²) in [5.74, 6) is -0.328. The fourth-order valence-electron chi connectivity index (χ4n) is 0.495. The Morgan fingerprint density at radius 2 is 2.00 bits per heavy atom. The van der Waals surface area contributed by atoms with Gasteiger partial charge >= 0.3 is 5.97 Å². The van der Waals surface area contributed by atoms with Crippen molar-refractivity contribution >= 4 is 18.4 Å². The number of rotatable bonds is 4. The van der Waals surface area contributed by atoms with Crippen molar-refractivity contribution in [2.45, 2.75) is 39.2 Å². The van der Waals surface area contributed by atoms with Gasteiger partial charge in [0.25, 0.3) is 0 Å². The molecule has 0 aromatic rings. The van der Waals surface area contributed by atoms with Gasteiger partial charge in [-0.1, -0.05) is 13.3 Å². The molecule has 0 rings (SSSR count). The number of halogens is 1.